The second-order valence-electron chi connectivity index (χ2n) is 12.6. The second kappa shape index (κ2) is 9.50. The molecule has 0 N–H and O–H groups in total. The first kappa shape index (κ1) is 25.6. The SMILES string of the molecule is c1ccc(-n2c3cc(-n4c5ccccc5c5ccccc54)ccc3c3ccc(-n4c5ccccc5c5c6ccccc6oc54)cc32)cc1. The Morgan fingerprint density at radius 3 is 1.42 bits per heavy atom. The molecular weight excluding hydrogens is 587 g/mol. The number of hydrogen-bond donors (Lipinski definition) is 0. The van der Waals surface area contributed by atoms with Crippen LogP contribution in [0.4, 0.5) is 0 Å². The van der Waals surface area contributed by atoms with E-state index in [1.165, 1.54) is 43.5 Å². The van der Waals surface area contributed by atoms with Crippen LogP contribution in [0.2, 0.25) is 0 Å². The molecule has 0 aliphatic carbocycles. The topological polar surface area (TPSA) is 27.9 Å². The molecule has 4 aromatic heterocycles. The highest BCUT2D eigenvalue weighted by Gasteiger charge is 2.21. The van der Waals surface area contributed by atoms with Crippen LogP contribution in [0.1, 0.15) is 0 Å². The van der Waals surface area contributed by atoms with Gasteiger partial charge in [-0.3, -0.25) is 4.57 Å². The van der Waals surface area contributed by atoms with Gasteiger partial charge in [-0.2, -0.15) is 0 Å². The van der Waals surface area contributed by atoms with Crippen molar-refractivity contribution >= 4 is 76.6 Å². The first-order valence-electron chi connectivity index (χ1n) is 16.4. The molecule has 11 rings (SSSR count). The molecule has 0 spiro atoms. The van der Waals surface area contributed by atoms with Gasteiger partial charge in [-0.1, -0.05) is 103 Å². The highest BCUT2D eigenvalue weighted by atomic mass is 16.3. The molecule has 0 fully saturated rings. The van der Waals surface area contributed by atoms with Crippen LogP contribution in [0.25, 0.3) is 93.6 Å². The Morgan fingerprint density at radius 2 is 0.771 bits per heavy atom. The molecule has 0 aliphatic heterocycles. The molecule has 4 heteroatoms. The van der Waals surface area contributed by atoms with Crippen molar-refractivity contribution < 1.29 is 4.42 Å². The number of aromatic nitrogens is 3. The van der Waals surface area contributed by atoms with Crippen molar-refractivity contribution in [2.75, 3.05) is 0 Å². The minimum absolute atomic E-state index is 0.868. The van der Waals surface area contributed by atoms with Crippen LogP contribution in [0.5, 0.6) is 0 Å². The lowest BCUT2D eigenvalue weighted by Gasteiger charge is -2.12. The van der Waals surface area contributed by atoms with Crippen LogP contribution in [0.3, 0.4) is 0 Å². The predicted molar refractivity (Wildman–Crippen MR) is 199 cm³/mol. The number of furan rings is 1. The lowest BCUT2D eigenvalue weighted by Crippen LogP contribution is -1.98. The first-order chi connectivity index (χ1) is 23.8. The average Bonchev–Trinajstić information content (AvgIpc) is 3.87. The Labute approximate surface area is 274 Å². The van der Waals surface area contributed by atoms with Gasteiger partial charge in [-0.15, -0.1) is 0 Å². The standard InChI is InChI=1S/C44H27N3O/c1-2-12-28(13-3-1)45-40-26-29(46-37-18-8-4-14-31(37)32-15-5-9-19-38(32)46)22-24-33(40)34-25-23-30(27-41(34)45)47-39-20-10-6-16-35(39)43-36-17-7-11-21-42(36)48-44(43)47/h1-27H. The smallest absolute Gasteiger partial charge is 0.213 e. The van der Waals surface area contributed by atoms with E-state index in [1.807, 2.05) is 6.07 Å². The van der Waals surface area contributed by atoms with Gasteiger partial charge < -0.3 is 13.6 Å². The summed E-state index contributed by atoms with van der Waals surface area (Å²) in [5.41, 5.74) is 11.0. The van der Waals surface area contributed by atoms with Gasteiger partial charge in [0.2, 0.25) is 5.71 Å². The lowest BCUT2D eigenvalue weighted by atomic mass is 10.1. The van der Waals surface area contributed by atoms with Crippen LogP contribution in [0, 0.1) is 0 Å². The van der Waals surface area contributed by atoms with Gasteiger partial charge in [0.1, 0.15) is 5.58 Å². The third kappa shape index (κ3) is 3.38. The minimum atomic E-state index is 0.868. The van der Waals surface area contributed by atoms with Gasteiger partial charge in [0.15, 0.2) is 0 Å². The zero-order valence-corrected chi connectivity index (χ0v) is 25.8. The van der Waals surface area contributed by atoms with Crippen molar-refractivity contribution in [2.45, 2.75) is 0 Å². The van der Waals surface area contributed by atoms with Crippen LogP contribution in [-0.2, 0) is 0 Å². The quantitative estimate of drug-likeness (QED) is 0.195. The number of nitrogens with zero attached hydrogens (tertiary/aromatic N) is 3. The maximum atomic E-state index is 6.59. The highest BCUT2D eigenvalue weighted by Crippen LogP contribution is 2.41. The Balaban J connectivity index is 1.23. The number of hydrogen-bond acceptors (Lipinski definition) is 1. The van der Waals surface area contributed by atoms with Gasteiger partial charge in [0.25, 0.3) is 0 Å². The van der Waals surface area contributed by atoms with Crippen LogP contribution >= 0.6 is 0 Å². The molecule has 0 bridgehead atoms. The van der Waals surface area contributed by atoms with E-state index >= 15 is 0 Å². The van der Waals surface area contributed by atoms with Crippen LogP contribution in [0.15, 0.2) is 168 Å². The highest BCUT2D eigenvalue weighted by molar-refractivity contribution is 6.20. The lowest BCUT2D eigenvalue weighted by molar-refractivity contribution is 0.645. The minimum Gasteiger partial charge on any atom is -0.439 e. The summed E-state index contributed by atoms with van der Waals surface area (Å²) in [6, 6.07) is 58.8. The molecule has 7 aromatic carbocycles. The summed E-state index contributed by atoms with van der Waals surface area (Å²) in [6.07, 6.45) is 0. The van der Waals surface area contributed by atoms with Gasteiger partial charge >= 0.3 is 0 Å². The molecule has 48 heavy (non-hydrogen) atoms. The van der Waals surface area contributed by atoms with Crippen molar-refractivity contribution in [3.8, 4) is 17.1 Å². The first-order valence-corrected chi connectivity index (χ1v) is 16.4. The summed E-state index contributed by atoms with van der Waals surface area (Å²) in [4.78, 5) is 0. The summed E-state index contributed by atoms with van der Waals surface area (Å²) in [7, 11) is 0. The molecule has 0 atom stereocenters. The molecule has 0 unspecified atom stereocenters. The molecule has 0 saturated carbocycles. The average molecular weight is 614 g/mol. The fourth-order valence-corrected chi connectivity index (χ4v) is 8.03. The Morgan fingerprint density at radius 1 is 0.312 bits per heavy atom. The molecular formula is C44H27N3O. The van der Waals surface area contributed by atoms with E-state index in [2.05, 4.69) is 171 Å². The molecule has 4 nitrogen and oxygen atoms in total. The van der Waals surface area contributed by atoms with Crippen molar-refractivity contribution in [2.24, 2.45) is 0 Å². The molecule has 11 aromatic rings. The Bertz CT molecular complexity index is 3010. The van der Waals surface area contributed by atoms with Gasteiger partial charge in [0, 0.05) is 43.7 Å². The van der Waals surface area contributed by atoms with E-state index in [0.29, 0.717) is 0 Å². The van der Waals surface area contributed by atoms with Crippen molar-refractivity contribution in [1.82, 2.24) is 13.7 Å². The fraction of sp³-hybridized carbons (Fsp3) is 0. The molecule has 0 aliphatic rings. The third-order valence-corrected chi connectivity index (χ3v) is 10.0. The van der Waals surface area contributed by atoms with E-state index in [4.69, 9.17) is 4.42 Å². The maximum absolute atomic E-state index is 6.59. The second-order valence-corrected chi connectivity index (χ2v) is 12.6. The van der Waals surface area contributed by atoms with Crippen molar-refractivity contribution in [3.05, 3.63) is 164 Å². The molecule has 0 amide bonds. The van der Waals surface area contributed by atoms with Gasteiger partial charge in [-0.25, -0.2) is 0 Å². The summed E-state index contributed by atoms with van der Waals surface area (Å²) >= 11 is 0. The van der Waals surface area contributed by atoms with E-state index in [9.17, 15) is 0 Å². The predicted octanol–water partition coefficient (Wildman–Crippen LogP) is 11.7. The van der Waals surface area contributed by atoms with E-state index in [1.54, 1.807) is 0 Å². The van der Waals surface area contributed by atoms with Crippen molar-refractivity contribution in [1.29, 1.82) is 0 Å². The maximum Gasteiger partial charge on any atom is 0.213 e. The zero-order chi connectivity index (χ0) is 31.3. The number of rotatable bonds is 3. The summed E-state index contributed by atoms with van der Waals surface area (Å²) in [5.74, 6) is 0. The summed E-state index contributed by atoms with van der Waals surface area (Å²) < 4.78 is 13.7. The molecule has 224 valence electrons. The summed E-state index contributed by atoms with van der Waals surface area (Å²) in [5, 5.41) is 8.44. The third-order valence-electron chi connectivity index (χ3n) is 10.0. The largest absolute Gasteiger partial charge is 0.439 e. The Hall–Kier alpha value is -6.52. The molecule has 4 heterocycles. The fourth-order valence-electron chi connectivity index (χ4n) is 8.03. The molecule has 0 radical (unpaired) electrons. The van der Waals surface area contributed by atoms with E-state index in [-0.39, 0.29) is 0 Å². The van der Waals surface area contributed by atoms with Crippen LogP contribution < -0.4 is 0 Å². The van der Waals surface area contributed by atoms with Crippen molar-refractivity contribution in [3.63, 3.8) is 0 Å². The summed E-state index contributed by atoms with van der Waals surface area (Å²) in [6.45, 7) is 0. The zero-order valence-electron chi connectivity index (χ0n) is 25.8. The van der Waals surface area contributed by atoms with Gasteiger partial charge in [0.05, 0.1) is 38.7 Å². The number of para-hydroxylation sites is 5. The van der Waals surface area contributed by atoms with E-state index in [0.717, 1.165) is 50.2 Å². The molecule has 0 saturated heterocycles. The normalized spacial score (nSPS) is 12.2. The Kier molecular flexibility index (Phi) is 5.08. The number of benzene rings is 7. The van der Waals surface area contributed by atoms with Crippen LogP contribution in [-0.4, -0.2) is 13.7 Å². The van der Waals surface area contributed by atoms with E-state index < -0.39 is 0 Å². The monoisotopic (exact) mass is 613 g/mol. The number of fused-ring (bicyclic) bond motifs is 11. The van der Waals surface area contributed by atoms with Gasteiger partial charge in [-0.05, 0) is 60.7 Å².